The Morgan fingerprint density at radius 1 is 0.600 bits per heavy atom. The van der Waals surface area contributed by atoms with E-state index in [-0.39, 0.29) is 28.0 Å². The molecule has 4 aromatic rings. The lowest BCUT2D eigenvalue weighted by Crippen LogP contribution is -2.16. The average molecular weight is 775 g/mol. The maximum Gasteiger partial charge on any atom is 0.367 e. The van der Waals surface area contributed by atoms with E-state index in [9.17, 15) is 21.6 Å². The summed E-state index contributed by atoms with van der Waals surface area (Å²) in [6, 6.07) is 27.1. The SMILES string of the molecule is CCOCC(=NOS(=O)(=O)c1ccc(C)cc1)Sc1ccc(Sc2ccc(SC(=NOS(=O)(=O)c3ccc(C)cc3)C(=O)OCC)cc2)cc1. The number of rotatable bonds is 14. The molecule has 0 aliphatic rings. The molecule has 0 N–H and O–H groups in total. The molecular formula is C34H34N2O9S5. The molecule has 0 amide bonds. The third-order valence-corrected chi connectivity index (χ3v) is 11.4. The number of aryl methyl sites for hydroxylation is 2. The van der Waals surface area contributed by atoms with Gasteiger partial charge in [0.2, 0.25) is 5.04 Å². The molecular weight excluding hydrogens is 741 g/mol. The second-order valence-corrected chi connectivity index (χ2v) is 16.6. The van der Waals surface area contributed by atoms with Crippen LogP contribution in [0.25, 0.3) is 0 Å². The molecule has 0 spiro atoms. The molecule has 0 aliphatic carbocycles. The number of hydrogen-bond donors (Lipinski definition) is 0. The molecule has 50 heavy (non-hydrogen) atoms. The smallest absolute Gasteiger partial charge is 0.367 e. The largest absolute Gasteiger partial charge is 0.461 e. The monoisotopic (exact) mass is 774 g/mol. The Hall–Kier alpha value is -3.80. The first-order valence-electron chi connectivity index (χ1n) is 15.0. The highest BCUT2D eigenvalue weighted by molar-refractivity contribution is 8.15. The molecule has 264 valence electrons. The van der Waals surface area contributed by atoms with E-state index in [2.05, 4.69) is 10.3 Å². The van der Waals surface area contributed by atoms with Crippen LogP contribution in [0, 0.1) is 13.8 Å². The summed E-state index contributed by atoms with van der Waals surface area (Å²) in [5.74, 6) is -0.818. The van der Waals surface area contributed by atoms with E-state index in [0.717, 1.165) is 37.6 Å². The van der Waals surface area contributed by atoms with Gasteiger partial charge in [0, 0.05) is 26.2 Å². The number of nitrogens with zero attached hydrogens (tertiary/aromatic N) is 2. The molecule has 16 heteroatoms. The van der Waals surface area contributed by atoms with Gasteiger partial charge in [-0.25, -0.2) is 4.79 Å². The van der Waals surface area contributed by atoms with Crippen LogP contribution < -0.4 is 0 Å². The van der Waals surface area contributed by atoms with Crippen molar-refractivity contribution in [3.8, 4) is 0 Å². The molecule has 4 aromatic carbocycles. The number of hydrogen-bond acceptors (Lipinski definition) is 14. The first-order valence-corrected chi connectivity index (χ1v) is 20.3. The van der Waals surface area contributed by atoms with Gasteiger partial charge in [0.1, 0.15) is 14.8 Å². The van der Waals surface area contributed by atoms with E-state index >= 15 is 0 Å². The summed E-state index contributed by atoms with van der Waals surface area (Å²) in [7, 11) is -8.34. The predicted molar refractivity (Wildman–Crippen MR) is 196 cm³/mol. The van der Waals surface area contributed by atoms with Crippen LogP contribution in [0.4, 0.5) is 0 Å². The van der Waals surface area contributed by atoms with E-state index in [4.69, 9.17) is 18.0 Å². The highest BCUT2D eigenvalue weighted by atomic mass is 32.2. The third-order valence-electron chi connectivity index (χ3n) is 6.29. The van der Waals surface area contributed by atoms with Crippen molar-refractivity contribution in [3.05, 3.63) is 108 Å². The summed E-state index contributed by atoms with van der Waals surface area (Å²) in [4.78, 5) is 15.7. The summed E-state index contributed by atoms with van der Waals surface area (Å²) in [6.45, 7) is 7.69. The number of benzene rings is 4. The lowest BCUT2D eigenvalue weighted by atomic mass is 10.2. The van der Waals surface area contributed by atoms with Gasteiger partial charge in [0.15, 0.2) is 0 Å². The van der Waals surface area contributed by atoms with Crippen molar-refractivity contribution in [1.82, 2.24) is 0 Å². The van der Waals surface area contributed by atoms with Gasteiger partial charge in [-0.1, -0.05) is 81.0 Å². The van der Waals surface area contributed by atoms with Gasteiger partial charge in [0.25, 0.3) is 0 Å². The molecule has 0 unspecified atom stereocenters. The molecule has 11 nitrogen and oxygen atoms in total. The van der Waals surface area contributed by atoms with Gasteiger partial charge in [0.05, 0.1) is 13.2 Å². The van der Waals surface area contributed by atoms with Crippen LogP contribution in [0.2, 0.25) is 0 Å². The minimum atomic E-state index is -4.25. The third kappa shape index (κ3) is 11.9. The van der Waals surface area contributed by atoms with E-state index in [1.54, 1.807) is 43.3 Å². The number of thioether (sulfide) groups is 2. The fraction of sp³-hybridized carbons (Fsp3) is 0.206. The van der Waals surface area contributed by atoms with Gasteiger partial charge in [-0.3, -0.25) is 8.57 Å². The fourth-order valence-electron chi connectivity index (χ4n) is 3.76. The second-order valence-electron chi connectivity index (χ2n) is 10.2. The molecule has 0 heterocycles. The quantitative estimate of drug-likeness (QED) is 0.0407. The number of esters is 1. The van der Waals surface area contributed by atoms with Crippen LogP contribution in [0.5, 0.6) is 0 Å². The fourth-order valence-corrected chi connectivity index (χ4v) is 7.61. The summed E-state index contributed by atoms with van der Waals surface area (Å²) < 4.78 is 70.8. The zero-order chi connectivity index (χ0) is 36.1. The molecule has 0 aromatic heterocycles. The van der Waals surface area contributed by atoms with Crippen LogP contribution >= 0.6 is 35.3 Å². The highest BCUT2D eigenvalue weighted by Crippen LogP contribution is 2.32. The Kier molecular flexibility index (Phi) is 14.4. The molecule has 0 bridgehead atoms. The molecule has 0 radical (unpaired) electrons. The van der Waals surface area contributed by atoms with Crippen LogP contribution in [0.1, 0.15) is 25.0 Å². The Morgan fingerprint density at radius 3 is 1.50 bits per heavy atom. The van der Waals surface area contributed by atoms with Gasteiger partial charge >= 0.3 is 26.2 Å². The van der Waals surface area contributed by atoms with Crippen LogP contribution in [0.3, 0.4) is 0 Å². The van der Waals surface area contributed by atoms with Gasteiger partial charge < -0.3 is 9.47 Å². The zero-order valence-corrected chi connectivity index (χ0v) is 31.6. The second kappa shape index (κ2) is 18.4. The predicted octanol–water partition coefficient (Wildman–Crippen LogP) is 7.68. The van der Waals surface area contributed by atoms with Crippen LogP contribution in [0.15, 0.2) is 137 Å². The molecule has 4 rings (SSSR count). The number of carbonyl (C=O) groups is 1. The topological polar surface area (TPSA) is 147 Å². The van der Waals surface area contributed by atoms with E-state index in [1.807, 2.05) is 57.2 Å². The van der Waals surface area contributed by atoms with Crippen molar-refractivity contribution >= 4 is 71.6 Å². The molecule has 0 saturated carbocycles. The van der Waals surface area contributed by atoms with Crippen molar-refractivity contribution in [2.24, 2.45) is 10.3 Å². The van der Waals surface area contributed by atoms with E-state index in [1.165, 1.54) is 47.8 Å². The summed E-state index contributed by atoms with van der Waals surface area (Å²) in [5.41, 5.74) is 1.80. The summed E-state index contributed by atoms with van der Waals surface area (Å²) in [6.07, 6.45) is 0. The van der Waals surface area contributed by atoms with E-state index < -0.39 is 26.2 Å². The zero-order valence-electron chi connectivity index (χ0n) is 27.5. The Morgan fingerprint density at radius 2 is 1.04 bits per heavy atom. The van der Waals surface area contributed by atoms with Gasteiger partial charge in [-0.2, -0.15) is 16.8 Å². The minimum absolute atomic E-state index is 0.00605. The molecule has 0 fully saturated rings. The van der Waals surface area contributed by atoms with Crippen molar-refractivity contribution in [1.29, 1.82) is 0 Å². The Bertz CT molecular complexity index is 2020. The lowest BCUT2D eigenvalue weighted by Gasteiger charge is -2.09. The molecule has 0 aliphatic heterocycles. The Balaban J connectivity index is 1.40. The highest BCUT2D eigenvalue weighted by Gasteiger charge is 2.21. The van der Waals surface area contributed by atoms with Gasteiger partial charge in [-0.05, 0) is 100 Å². The first kappa shape index (κ1) is 39.0. The lowest BCUT2D eigenvalue weighted by molar-refractivity contribution is -0.134. The van der Waals surface area contributed by atoms with Crippen LogP contribution in [-0.2, 0) is 43.1 Å². The Labute approximate surface area is 305 Å². The normalized spacial score (nSPS) is 12.4. The van der Waals surface area contributed by atoms with Gasteiger partial charge in [-0.15, -0.1) is 0 Å². The maximum atomic E-state index is 12.6. The summed E-state index contributed by atoms with van der Waals surface area (Å²) >= 11 is 3.63. The summed E-state index contributed by atoms with van der Waals surface area (Å²) in [5, 5.41) is 7.59. The maximum absolute atomic E-state index is 12.6. The molecule has 0 saturated heterocycles. The van der Waals surface area contributed by atoms with E-state index in [0.29, 0.717) is 16.5 Å². The number of ether oxygens (including phenoxy) is 2. The van der Waals surface area contributed by atoms with Crippen molar-refractivity contribution in [2.75, 3.05) is 19.8 Å². The van der Waals surface area contributed by atoms with Crippen molar-refractivity contribution < 1.29 is 39.7 Å². The standard InChI is InChI=1S/C34H34N2O9S5/c1-5-42-23-32(35-44-49(38,39)30-19-7-24(3)8-20-30)47-28-15-11-26(12-16-28)46-27-13-17-29(18-14-27)48-33(34(37)43-6-2)36-45-50(40,41)31-21-9-25(4)10-22-31/h7-22H,5-6,23H2,1-4H3. The average Bonchev–Trinajstić information content (AvgIpc) is 3.10. The van der Waals surface area contributed by atoms with Crippen molar-refractivity contribution in [3.63, 3.8) is 0 Å². The molecule has 0 atom stereocenters. The van der Waals surface area contributed by atoms with Crippen LogP contribution in [-0.4, -0.2) is 52.7 Å². The number of oxime groups is 2. The van der Waals surface area contributed by atoms with Crippen molar-refractivity contribution in [2.45, 2.75) is 57.1 Å². The first-order chi connectivity index (χ1) is 23.9. The number of carbonyl (C=O) groups excluding carboxylic acids is 1. The minimum Gasteiger partial charge on any atom is -0.461 e.